The molecule has 25 heavy (non-hydrogen) atoms. The Morgan fingerprint density at radius 2 is 1.80 bits per heavy atom. The molecule has 5 heteroatoms. The van der Waals surface area contributed by atoms with Gasteiger partial charge in [-0.05, 0) is 54.8 Å². The summed E-state index contributed by atoms with van der Waals surface area (Å²) in [6.07, 6.45) is 2.11. The van der Waals surface area contributed by atoms with Crippen molar-refractivity contribution < 1.29 is 14.3 Å². The number of ether oxygens (including phenoxy) is 1. The van der Waals surface area contributed by atoms with E-state index in [2.05, 4.69) is 5.32 Å². The summed E-state index contributed by atoms with van der Waals surface area (Å²) < 4.78 is 5.21. The Morgan fingerprint density at radius 1 is 1.12 bits per heavy atom. The molecule has 2 amide bonds. The van der Waals surface area contributed by atoms with Crippen molar-refractivity contribution in [1.82, 2.24) is 10.2 Å². The Hall–Kier alpha value is -2.82. The summed E-state index contributed by atoms with van der Waals surface area (Å²) in [5.41, 5.74) is 2.14. The minimum atomic E-state index is -0.0861. The molecule has 1 N–H and O–H groups in total. The summed E-state index contributed by atoms with van der Waals surface area (Å²) in [6.45, 7) is 0.486. The molecule has 2 aromatic carbocycles. The zero-order valence-corrected chi connectivity index (χ0v) is 14.5. The predicted molar refractivity (Wildman–Crippen MR) is 95.7 cm³/mol. The van der Waals surface area contributed by atoms with Crippen molar-refractivity contribution in [2.75, 3.05) is 14.2 Å². The highest BCUT2D eigenvalue weighted by Gasteiger charge is 2.23. The Labute approximate surface area is 147 Å². The molecule has 0 radical (unpaired) electrons. The Bertz CT molecular complexity index is 767. The van der Waals surface area contributed by atoms with E-state index < -0.39 is 0 Å². The second-order valence-electron chi connectivity index (χ2n) is 6.34. The van der Waals surface area contributed by atoms with Crippen molar-refractivity contribution in [2.45, 2.75) is 25.4 Å². The van der Waals surface area contributed by atoms with Gasteiger partial charge in [-0.3, -0.25) is 9.59 Å². The van der Waals surface area contributed by atoms with Crippen molar-refractivity contribution in [2.24, 2.45) is 0 Å². The van der Waals surface area contributed by atoms with E-state index in [0.29, 0.717) is 23.7 Å². The van der Waals surface area contributed by atoms with E-state index in [4.69, 9.17) is 4.74 Å². The summed E-state index contributed by atoms with van der Waals surface area (Å²) in [5.74, 6) is 0.604. The minimum Gasteiger partial charge on any atom is -0.497 e. The van der Waals surface area contributed by atoms with Gasteiger partial charge in [0, 0.05) is 30.8 Å². The fraction of sp³-hybridized carbons (Fsp3) is 0.300. The van der Waals surface area contributed by atoms with Gasteiger partial charge in [-0.1, -0.05) is 12.1 Å². The van der Waals surface area contributed by atoms with Crippen molar-refractivity contribution in [1.29, 1.82) is 0 Å². The quantitative estimate of drug-likeness (QED) is 0.881. The van der Waals surface area contributed by atoms with Gasteiger partial charge in [0.05, 0.1) is 7.11 Å². The minimum absolute atomic E-state index is 0.0776. The number of amides is 2. The van der Waals surface area contributed by atoms with Crippen LogP contribution in [0.4, 0.5) is 0 Å². The number of benzene rings is 2. The summed E-state index contributed by atoms with van der Waals surface area (Å²) in [4.78, 5) is 26.2. The monoisotopic (exact) mass is 338 g/mol. The molecule has 0 atom stereocenters. The maximum absolute atomic E-state index is 12.6. The predicted octanol–water partition coefficient (Wildman–Crippen LogP) is 2.86. The molecule has 3 rings (SSSR count). The third kappa shape index (κ3) is 4.38. The first-order valence-corrected chi connectivity index (χ1v) is 8.36. The zero-order valence-electron chi connectivity index (χ0n) is 14.5. The number of hydrogen-bond acceptors (Lipinski definition) is 3. The fourth-order valence-corrected chi connectivity index (χ4v) is 2.60. The summed E-state index contributed by atoms with van der Waals surface area (Å²) in [5, 5.41) is 2.94. The molecule has 0 heterocycles. The van der Waals surface area contributed by atoms with Crippen LogP contribution >= 0.6 is 0 Å². The first-order chi connectivity index (χ1) is 12.1. The topological polar surface area (TPSA) is 58.6 Å². The molecule has 130 valence electrons. The molecule has 1 aliphatic carbocycles. The number of nitrogens with zero attached hydrogens (tertiary/aromatic N) is 1. The first kappa shape index (κ1) is 17.0. The number of rotatable bonds is 6. The van der Waals surface area contributed by atoms with Crippen molar-refractivity contribution in [3.63, 3.8) is 0 Å². The van der Waals surface area contributed by atoms with Gasteiger partial charge >= 0.3 is 0 Å². The van der Waals surface area contributed by atoms with Crippen LogP contribution < -0.4 is 10.1 Å². The van der Waals surface area contributed by atoms with E-state index in [-0.39, 0.29) is 11.8 Å². The van der Waals surface area contributed by atoms with Crippen LogP contribution in [0.3, 0.4) is 0 Å². The lowest BCUT2D eigenvalue weighted by Crippen LogP contribution is -2.27. The van der Waals surface area contributed by atoms with E-state index in [9.17, 15) is 9.59 Å². The number of carbonyl (C=O) groups is 2. The molecule has 5 nitrogen and oxygen atoms in total. The average molecular weight is 338 g/mol. The molecule has 0 spiro atoms. The average Bonchev–Trinajstić information content (AvgIpc) is 3.45. The largest absolute Gasteiger partial charge is 0.497 e. The van der Waals surface area contributed by atoms with Gasteiger partial charge in [-0.15, -0.1) is 0 Å². The van der Waals surface area contributed by atoms with E-state index in [1.807, 2.05) is 24.3 Å². The smallest absolute Gasteiger partial charge is 0.253 e. The van der Waals surface area contributed by atoms with E-state index in [1.54, 1.807) is 43.3 Å². The van der Waals surface area contributed by atoms with E-state index in [0.717, 1.165) is 24.2 Å². The zero-order chi connectivity index (χ0) is 17.8. The molecule has 0 saturated heterocycles. The van der Waals surface area contributed by atoms with Gasteiger partial charge in [0.1, 0.15) is 5.75 Å². The number of nitrogens with one attached hydrogen (secondary N) is 1. The summed E-state index contributed by atoms with van der Waals surface area (Å²) in [6, 6.07) is 14.8. The van der Waals surface area contributed by atoms with Crippen LogP contribution in [0.5, 0.6) is 5.75 Å². The first-order valence-electron chi connectivity index (χ1n) is 8.36. The third-order valence-corrected chi connectivity index (χ3v) is 4.21. The summed E-state index contributed by atoms with van der Waals surface area (Å²) >= 11 is 0. The fourth-order valence-electron chi connectivity index (χ4n) is 2.60. The molecule has 1 aliphatic rings. The van der Waals surface area contributed by atoms with Crippen molar-refractivity contribution in [3.8, 4) is 5.75 Å². The molecule has 0 aliphatic heterocycles. The number of methoxy groups -OCH3 is 1. The van der Waals surface area contributed by atoms with Gasteiger partial charge in [0.2, 0.25) is 0 Å². The SMILES string of the molecule is COc1cccc(CN(C)C(=O)c2ccc(C(=O)NC3CC3)cc2)c1. The van der Waals surface area contributed by atoms with Gasteiger partial charge in [0.15, 0.2) is 0 Å². The van der Waals surface area contributed by atoms with Crippen LogP contribution in [-0.4, -0.2) is 36.9 Å². The lowest BCUT2D eigenvalue weighted by Gasteiger charge is -2.18. The van der Waals surface area contributed by atoms with Crippen LogP contribution in [-0.2, 0) is 6.54 Å². The molecule has 2 aromatic rings. The molecular weight excluding hydrogens is 316 g/mol. The second-order valence-corrected chi connectivity index (χ2v) is 6.34. The highest BCUT2D eigenvalue weighted by molar-refractivity contribution is 5.97. The van der Waals surface area contributed by atoms with E-state index >= 15 is 0 Å². The van der Waals surface area contributed by atoms with Crippen molar-refractivity contribution in [3.05, 3.63) is 65.2 Å². The number of carbonyl (C=O) groups excluding carboxylic acids is 2. The van der Waals surface area contributed by atoms with Gasteiger partial charge in [-0.25, -0.2) is 0 Å². The maximum Gasteiger partial charge on any atom is 0.253 e. The van der Waals surface area contributed by atoms with Gasteiger partial charge in [-0.2, -0.15) is 0 Å². The van der Waals surface area contributed by atoms with Crippen LogP contribution in [0, 0.1) is 0 Å². The third-order valence-electron chi connectivity index (χ3n) is 4.21. The summed E-state index contributed by atoms with van der Waals surface area (Å²) in [7, 11) is 3.38. The van der Waals surface area contributed by atoms with Crippen molar-refractivity contribution >= 4 is 11.8 Å². The van der Waals surface area contributed by atoms with Crippen LogP contribution in [0.25, 0.3) is 0 Å². The maximum atomic E-state index is 12.6. The van der Waals surface area contributed by atoms with Crippen LogP contribution in [0.2, 0.25) is 0 Å². The second kappa shape index (κ2) is 7.38. The molecular formula is C20H22N2O3. The molecule has 0 aromatic heterocycles. The molecule has 1 saturated carbocycles. The lowest BCUT2D eigenvalue weighted by atomic mass is 10.1. The Morgan fingerprint density at radius 3 is 2.44 bits per heavy atom. The Kier molecular flexibility index (Phi) is 5.03. The molecule has 0 unspecified atom stereocenters. The van der Waals surface area contributed by atoms with E-state index in [1.165, 1.54) is 0 Å². The number of hydrogen-bond donors (Lipinski definition) is 1. The highest BCUT2D eigenvalue weighted by Crippen LogP contribution is 2.19. The molecule has 0 bridgehead atoms. The van der Waals surface area contributed by atoms with Crippen LogP contribution in [0.15, 0.2) is 48.5 Å². The normalized spacial score (nSPS) is 13.2. The Balaban J connectivity index is 1.63. The lowest BCUT2D eigenvalue weighted by molar-refractivity contribution is 0.0784. The van der Waals surface area contributed by atoms with Gasteiger partial charge < -0.3 is 15.0 Å². The molecule has 1 fully saturated rings. The van der Waals surface area contributed by atoms with Gasteiger partial charge in [0.25, 0.3) is 11.8 Å². The standard InChI is InChI=1S/C20H22N2O3/c1-22(13-14-4-3-5-18(12-14)25-2)20(24)16-8-6-15(7-9-16)19(23)21-17-10-11-17/h3-9,12,17H,10-11,13H2,1-2H3,(H,21,23). The van der Waals surface area contributed by atoms with Crippen LogP contribution in [0.1, 0.15) is 39.1 Å². The highest BCUT2D eigenvalue weighted by atomic mass is 16.5.